The summed E-state index contributed by atoms with van der Waals surface area (Å²) in [6.07, 6.45) is -0.688. The Kier molecular flexibility index (Phi) is 6.23. The van der Waals surface area contributed by atoms with Gasteiger partial charge in [-0.1, -0.05) is 37.6 Å². The van der Waals surface area contributed by atoms with Crippen molar-refractivity contribution >= 4 is 5.57 Å². The Balaban J connectivity index is 1.61. The molecule has 4 rings (SSSR count). The first-order valence-corrected chi connectivity index (χ1v) is 10.5. The molecule has 0 saturated heterocycles. The zero-order valence-electron chi connectivity index (χ0n) is 17.7. The highest BCUT2D eigenvalue weighted by Crippen LogP contribution is 2.35. The van der Waals surface area contributed by atoms with Crippen LogP contribution in [0.15, 0.2) is 54.6 Å². The maximum atomic E-state index is 14.9. The van der Waals surface area contributed by atoms with Crippen molar-refractivity contribution in [1.29, 1.82) is 0 Å². The van der Waals surface area contributed by atoms with Crippen molar-refractivity contribution in [3.8, 4) is 16.9 Å². The van der Waals surface area contributed by atoms with E-state index in [2.05, 4.69) is 4.74 Å². The predicted molar refractivity (Wildman–Crippen MR) is 114 cm³/mol. The molecule has 0 bridgehead atoms. The normalized spacial score (nSPS) is 13.5. The fourth-order valence-corrected chi connectivity index (χ4v) is 4.09. The molecule has 0 aliphatic heterocycles. The number of allylic oxidation sites excluding steroid dienone is 2. The Hall–Kier alpha value is -3.22. The zero-order valence-corrected chi connectivity index (χ0v) is 17.7. The van der Waals surface area contributed by atoms with Crippen LogP contribution in [0.5, 0.6) is 5.75 Å². The summed E-state index contributed by atoms with van der Waals surface area (Å²) in [5.74, 6) is -3.18. The summed E-state index contributed by atoms with van der Waals surface area (Å²) in [6, 6.07) is 10.8. The average Bonchev–Trinajstić information content (AvgIpc) is 2.74. The molecule has 7 heteroatoms. The van der Waals surface area contributed by atoms with Crippen LogP contribution in [0, 0.1) is 17.5 Å². The first-order valence-electron chi connectivity index (χ1n) is 10.5. The highest BCUT2D eigenvalue weighted by Gasteiger charge is 2.32. The molecule has 3 aromatic rings. The van der Waals surface area contributed by atoms with Crippen molar-refractivity contribution in [3.05, 3.63) is 94.3 Å². The van der Waals surface area contributed by atoms with Gasteiger partial charge in [-0.05, 0) is 77.4 Å². The van der Waals surface area contributed by atoms with Crippen molar-refractivity contribution in [2.24, 2.45) is 0 Å². The monoisotopic (exact) mass is 462 g/mol. The lowest BCUT2D eigenvalue weighted by Crippen LogP contribution is -2.17. The molecule has 0 unspecified atom stereocenters. The van der Waals surface area contributed by atoms with Gasteiger partial charge in [-0.15, -0.1) is 13.2 Å². The van der Waals surface area contributed by atoms with Crippen molar-refractivity contribution < 1.29 is 31.1 Å². The van der Waals surface area contributed by atoms with Gasteiger partial charge in [-0.2, -0.15) is 0 Å². The zero-order chi connectivity index (χ0) is 23.8. The SMILES string of the molecule is CCCc1ccc(C2=CCc3cc(-c4ccc(OC(F)(F)F)c(F)c4)c(F)cc3C2)c(F)c1. The van der Waals surface area contributed by atoms with E-state index in [4.69, 9.17) is 0 Å². The molecule has 3 aromatic carbocycles. The number of fused-ring (bicyclic) bond motifs is 1. The topological polar surface area (TPSA) is 9.23 Å². The lowest BCUT2D eigenvalue weighted by molar-refractivity contribution is -0.275. The van der Waals surface area contributed by atoms with E-state index >= 15 is 0 Å². The Morgan fingerprint density at radius 1 is 0.818 bits per heavy atom. The Labute approximate surface area is 187 Å². The molecule has 0 N–H and O–H groups in total. The van der Waals surface area contributed by atoms with Crippen LogP contribution >= 0.6 is 0 Å². The van der Waals surface area contributed by atoms with Gasteiger partial charge in [0, 0.05) is 11.1 Å². The second-order valence-corrected chi connectivity index (χ2v) is 7.97. The highest BCUT2D eigenvalue weighted by atomic mass is 19.4. The molecule has 172 valence electrons. The summed E-state index contributed by atoms with van der Waals surface area (Å²) in [5.41, 5.74) is 3.79. The average molecular weight is 462 g/mol. The van der Waals surface area contributed by atoms with E-state index in [1.165, 1.54) is 18.2 Å². The largest absolute Gasteiger partial charge is 0.573 e. The van der Waals surface area contributed by atoms with Gasteiger partial charge >= 0.3 is 6.36 Å². The number of alkyl halides is 3. The summed E-state index contributed by atoms with van der Waals surface area (Å²) in [5, 5.41) is 0. The number of aryl methyl sites for hydroxylation is 1. The molecular formula is C26H20F6O. The summed E-state index contributed by atoms with van der Waals surface area (Å²) in [6.45, 7) is 2.02. The van der Waals surface area contributed by atoms with Gasteiger partial charge in [0.05, 0.1) is 0 Å². The molecule has 0 fully saturated rings. The second-order valence-electron chi connectivity index (χ2n) is 7.97. The number of hydrogen-bond acceptors (Lipinski definition) is 1. The highest BCUT2D eigenvalue weighted by molar-refractivity contribution is 5.73. The van der Waals surface area contributed by atoms with E-state index in [0.717, 1.165) is 41.7 Å². The van der Waals surface area contributed by atoms with Crippen molar-refractivity contribution in [2.75, 3.05) is 0 Å². The Bertz CT molecular complexity index is 1230. The van der Waals surface area contributed by atoms with Gasteiger partial charge in [-0.3, -0.25) is 0 Å². The third-order valence-corrected chi connectivity index (χ3v) is 5.63. The molecule has 1 aliphatic rings. The molecule has 1 nitrogen and oxygen atoms in total. The molecule has 0 amide bonds. The summed E-state index contributed by atoms with van der Waals surface area (Å²) >= 11 is 0. The van der Waals surface area contributed by atoms with E-state index < -0.39 is 23.7 Å². The van der Waals surface area contributed by atoms with Crippen LogP contribution in [0.4, 0.5) is 26.3 Å². The van der Waals surface area contributed by atoms with Crippen LogP contribution in [0.25, 0.3) is 16.7 Å². The second kappa shape index (κ2) is 8.96. The van der Waals surface area contributed by atoms with E-state index in [9.17, 15) is 26.3 Å². The van der Waals surface area contributed by atoms with E-state index in [0.29, 0.717) is 24.0 Å². The van der Waals surface area contributed by atoms with Crippen LogP contribution in [-0.2, 0) is 19.3 Å². The van der Waals surface area contributed by atoms with E-state index in [-0.39, 0.29) is 16.9 Å². The molecule has 0 atom stereocenters. The smallest absolute Gasteiger partial charge is 0.403 e. The summed E-state index contributed by atoms with van der Waals surface area (Å²) < 4.78 is 84.3. The number of hydrogen-bond donors (Lipinski definition) is 0. The summed E-state index contributed by atoms with van der Waals surface area (Å²) in [4.78, 5) is 0. The molecule has 0 radical (unpaired) electrons. The first-order chi connectivity index (χ1) is 15.6. The van der Waals surface area contributed by atoms with Gasteiger partial charge in [-0.25, -0.2) is 13.2 Å². The fraction of sp³-hybridized carbons (Fsp3) is 0.231. The van der Waals surface area contributed by atoms with Gasteiger partial charge in [0.1, 0.15) is 11.6 Å². The first kappa shape index (κ1) is 23.0. The van der Waals surface area contributed by atoms with Crippen molar-refractivity contribution in [3.63, 3.8) is 0 Å². The van der Waals surface area contributed by atoms with Crippen molar-refractivity contribution in [2.45, 2.75) is 39.0 Å². The lowest BCUT2D eigenvalue weighted by Gasteiger charge is -2.20. The van der Waals surface area contributed by atoms with Gasteiger partial charge in [0.2, 0.25) is 0 Å². The minimum Gasteiger partial charge on any atom is -0.403 e. The lowest BCUT2D eigenvalue weighted by atomic mass is 9.85. The Morgan fingerprint density at radius 3 is 2.24 bits per heavy atom. The molecule has 0 saturated carbocycles. The molecule has 0 spiro atoms. The molecule has 0 heterocycles. The minimum absolute atomic E-state index is 0.0677. The number of ether oxygens (including phenoxy) is 1. The number of halogens is 6. The van der Waals surface area contributed by atoms with Crippen molar-refractivity contribution in [1.82, 2.24) is 0 Å². The predicted octanol–water partition coefficient (Wildman–Crippen LogP) is 7.80. The van der Waals surface area contributed by atoms with Crippen LogP contribution in [0.1, 0.15) is 35.6 Å². The van der Waals surface area contributed by atoms with Crippen LogP contribution in [-0.4, -0.2) is 6.36 Å². The number of benzene rings is 3. The molecule has 33 heavy (non-hydrogen) atoms. The third kappa shape index (κ3) is 5.07. The van der Waals surface area contributed by atoms with Crippen LogP contribution < -0.4 is 4.74 Å². The molecule has 1 aliphatic carbocycles. The summed E-state index contributed by atoms with van der Waals surface area (Å²) in [7, 11) is 0. The van der Waals surface area contributed by atoms with Gasteiger partial charge in [0.15, 0.2) is 11.6 Å². The maximum absolute atomic E-state index is 14.9. The standard InChI is InChI=1S/C26H20F6O/c1-2-3-15-4-8-20(22(27)10-15)17-6-5-16-12-21(23(28)14-19(16)11-17)18-7-9-25(24(29)13-18)33-26(30,31)32/h4,6-10,12-14H,2-3,5,11H2,1H3. The Morgan fingerprint density at radius 2 is 1.58 bits per heavy atom. The third-order valence-electron chi connectivity index (χ3n) is 5.63. The molecule has 0 aromatic heterocycles. The fourth-order valence-electron chi connectivity index (χ4n) is 4.09. The quantitative estimate of drug-likeness (QED) is 0.352. The van der Waals surface area contributed by atoms with Gasteiger partial charge in [0.25, 0.3) is 0 Å². The maximum Gasteiger partial charge on any atom is 0.573 e. The number of rotatable bonds is 5. The van der Waals surface area contributed by atoms with E-state index in [1.54, 1.807) is 12.1 Å². The van der Waals surface area contributed by atoms with Gasteiger partial charge < -0.3 is 4.74 Å². The van der Waals surface area contributed by atoms with E-state index in [1.807, 2.05) is 19.1 Å². The van der Waals surface area contributed by atoms with Crippen LogP contribution in [0.2, 0.25) is 0 Å². The molecular weight excluding hydrogens is 442 g/mol. The van der Waals surface area contributed by atoms with Crippen LogP contribution in [0.3, 0.4) is 0 Å². The minimum atomic E-state index is -5.03.